The topological polar surface area (TPSA) is 63.3 Å². The van der Waals surface area contributed by atoms with E-state index in [0.717, 1.165) is 33.5 Å². The molecule has 2 heterocycles. The van der Waals surface area contributed by atoms with Crippen LogP contribution in [0.1, 0.15) is 50.3 Å². The van der Waals surface area contributed by atoms with Gasteiger partial charge in [0.15, 0.2) is 5.78 Å². The molecule has 0 aliphatic carbocycles. The van der Waals surface area contributed by atoms with Crippen molar-refractivity contribution in [1.82, 2.24) is 4.98 Å². The van der Waals surface area contributed by atoms with Crippen LogP contribution in [0.25, 0.3) is 33.7 Å². The van der Waals surface area contributed by atoms with E-state index in [1.807, 2.05) is 6.07 Å². The number of allylic oxidation sites excluding steroid dienone is 2. The first-order valence-electron chi connectivity index (χ1n) is 11.0. The molecule has 0 saturated carbocycles. The SMILES string of the molecule is CC(=O)/C=C(/C)O.Cc1[c-]c(-c2ccc3cc(-c4ccc(C(C)C)cc4)oc3n2)cc(C)c1.[Ir]. The van der Waals surface area contributed by atoms with Crippen molar-refractivity contribution < 1.29 is 34.4 Å². The molecule has 0 amide bonds. The number of carbonyl (C=O) groups is 1. The average molecular weight is 633 g/mol. The van der Waals surface area contributed by atoms with Crippen molar-refractivity contribution in [2.75, 3.05) is 0 Å². The molecule has 179 valence electrons. The largest absolute Gasteiger partial charge is 0.512 e. The van der Waals surface area contributed by atoms with Crippen molar-refractivity contribution in [3.63, 3.8) is 0 Å². The Bertz CT molecular complexity index is 1280. The van der Waals surface area contributed by atoms with E-state index in [0.29, 0.717) is 11.6 Å². The van der Waals surface area contributed by atoms with Crippen molar-refractivity contribution in [1.29, 1.82) is 0 Å². The van der Waals surface area contributed by atoms with Crippen molar-refractivity contribution >= 4 is 16.9 Å². The van der Waals surface area contributed by atoms with Gasteiger partial charge in [-0.1, -0.05) is 64.1 Å². The Morgan fingerprint density at radius 1 is 1.03 bits per heavy atom. The first kappa shape index (κ1) is 27.2. The fourth-order valence-corrected chi connectivity index (χ4v) is 3.57. The Labute approximate surface area is 215 Å². The van der Waals surface area contributed by atoms with Crippen molar-refractivity contribution in [2.24, 2.45) is 0 Å². The zero-order chi connectivity index (χ0) is 24.1. The first-order valence-corrected chi connectivity index (χ1v) is 11.0. The monoisotopic (exact) mass is 633 g/mol. The molecule has 4 rings (SSSR count). The van der Waals surface area contributed by atoms with Gasteiger partial charge in [-0.15, -0.1) is 34.9 Å². The smallest absolute Gasteiger partial charge is 0.217 e. The van der Waals surface area contributed by atoms with E-state index in [1.54, 1.807) is 0 Å². The number of furan rings is 1. The second-order valence-electron chi connectivity index (χ2n) is 8.63. The third kappa shape index (κ3) is 7.24. The van der Waals surface area contributed by atoms with Crippen molar-refractivity contribution in [2.45, 2.75) is 47.5 Å². The summed E-state index contributed by atoms with van der Waals surface area (Å²) in [4.78, 5) is 14.7. The van der Waals surface area contributed by atoms with E-state index < -0.39 is 0 Å². The van der Waals surface area contributed by atoms with Gasteiger partial charge in [0.05, 0.1) is 5.76 Å². The standard InChI is InChI=1S/C24H22NO.C5H8O2.Ir/c1-15(2)18-5-7-19(8-6-18)23-14-20-9-10-22(25-24(20)26-23)21-12-16(3)11-17(4)13-21;1-4(6)3-5(2)7;/h5-12,14-15H,1-4H3;3,6H,1-2H3;/q-1;;/b;4-3-;. The molecule has 2 aromatic heterocycles. The molecule has 0 bridgehead atoms. The van der Waals surface area contributed by atoms with Crippen molar-refractivity contribution in [3.8, 4) is 22.6 Å². The van der Waals surface area contributed by atoms with Crippen molar-refractivity contribution in [3.05, 3.63) is 89.2 Å². The summed E-state index contributed by atoms with van der Waals surface area (Å²) in [5, 5.41) is 9.38. The molecule has 1 radical (unpaired) electrons. The third-order valence-corrected chi connectivity index (χ3v) is 5.08. The predicted molar refractivity (Wildman–Crippen MR) is 134 cm³/mol. The van der Waals surface area contributed by atoms with Gasteiger partial charge < -0.3 is 9.52 Å². The molecule has 4 aromatic rings. The summed E-state index contributed by atoms with van der Waals surface area (Å²) in [6.45, 7) is 11.4. The summed E-state index contributed by atoms with van der Waals surface area (Å²) in [6.07, 6.45) is 1.17. The number of aliphatic hydroxyl groups is 1. The van der Waals surface area contributed by atoms with E-state index in [-0.39, 0.29) is 31.6 Å². The summed E-state index contributed by atoms with van der Waals surface area (Å²) >= 11 is 0. The molecule has 34 heavy (non-hydrogen) atoms. The quantitative estimate of drug-likeness (QED) is 0.142. The molecule has 0 spiro atoms. The van der Waals surface area contributed by atoms with E-state index in [1.165, 1.54) is 31.1 Å². The fraction of sp³-hybridized carbons (Fsp3) is 0.241. The van der Waals surface area contributed by atoms with Crippen LogP contribution in [0.5, 0.6) is 0 Å². The Morgan fingerprint density at radius 3 is 2.24 bits per heavy atom. The second kappa shape index (κ2) is 11.9. The number of ketones is 1. The molecule has 0 unspecified atom stereocenters. The maximum Gasteiger partial charge on any atom is 0.217 e. The van der Waals surface area contributed by atoms with Crippen LogP contribution in [0.4, 0.5) is 0 Å². The maximum atomic E-state index is 10.0. The summed E-state index contributed by atoms with van der Waals surface area (Å²) in [6, 6.07) is 22.3. The van der Waals surface area contributed by atoms with Gasteiger partial charge >= 0.3 is 0 Å². The zero-order valence-corrected chi connectivity index (χ0v) is 22.8. The molecular weight excluding hydrogens is 603 g/mol. The minimum atomic E-state index is -0.125. The second-order valence-corrected chi connectivity index (χ2v) is 8.63. The number of hydrogen-bond donors (Lipinski definition) is 1. The number of carbonyl (C=O) groups excluding carboxylic acids is 1. The minimum Gasteiger partial charge on any atom is -0.512 e. The molecule has 2 aromatic carbocycles. The molecule has 0 saturated heterocycles. The van der Waals surface area contributed by atoms with Crippen LogP contribution in [0, 0.1) is 19.9 Å². The summed E-state index contributed by atoms with van der Waals surface area (Å²) in [7, 11) is 0. The number of aryl methyl sites for hydroxylation is 2. The van der Waals surface area contributed by atoms with Crippen LogP contribution in [0.2, 0.25) is 0 Å². The predicted octanol–water partition coefficient (Wildman–Crippen LogP) is 7.74. The van der Waals surface area contributed by atoms with Crippen LogP contribution in [-0.2, 0) is 24.9 Å². The average Bonchev–Trinajstić information content (AvgIpc) is 3.16. The van der Waals surface area contributed by atoms with Crippen LogP contribution < -0.4 is 0 Å². The molecule has 0 fully saturated rings. The number of aromatic nitrogens is 1. The van der Waals surface area contributed by atoms with E-state index >= 15 is 0 Å². The van der Waals surface area contributed by atoms with Gasteiger partial charge in [0.25, 0.3) is 0 Å². The molecule has 0 aliphatic heterocycles. The number of fused-ring (bicyclic) bond motifs is 1. The van der Waals surface area contributed by atoms with Gasteiger partial charge in [0.1, 0.15) is 5.76 Å². The number of aliphatic hydroxyl groups excluding tert-OH is 1. The van der Waals surface area contributed by atoms with Gasteiger partial charge in [0, 0.05) is 37.1 Å². The Kier molecular flexibility index (Phi) is 9.55. The Morgan fingerprint density at radius 2 is 1.71 bits per heavy atom. The van der Waals surface area contributed by atoms with Gasteiger partial charge in [-0.05, 0) is 37.1 Å². The van der Waals surface area contributed by atoms with E-state index in [9.17, 15) is 4.79 Å². The number of pyridine rings is 1. The van der Waals surface area contributed by atoms with Gasteiger partial charge in [0.2, 0.25) is 5.71 Å². The molecule has 4 nitrogen and oxygen atoms in total. The van der Waals surface area contributed by atoms with E-state index in [2.05, 4.69) is 82.3 Å². The van der Waals surface area contributed by atoms with Crippen LogP contribution in [0.15, 0.2) is 70.8 Å². The number of hydrogen-bond acceptors (Lipinski definition) is 4. The number of benzene rings is 2. The Balaban J connectivity index is 0.000000449. The maximum absolute atomic E-state index is 10.0. The molecule has 5 heteroatoms. The van der Waals surface area contributed by atoms with Crippen LogP contribution in [-0.4, -0.2) is 15.9 Å². The van der Waals surface area contributed by atoms with Gasteiger partial charge in [-0.25, -0.2) is 0 Å². The summed E-state index contributed by atoms with van der Waals surface area (Å²) < 4.78 is 6.05. The zero-order valence-electron chi connectivity index (χ0n) is 20.4. The summed E-state index contributed by atoms with van der Waals surface area (Å²) in [5.41, 5.74) is 7.29. The normalized spacial score (nSPS) is 11.1. The molecule has 0 aliphatic rings. The number of nitrogens with zero attached hydrogens (tertiary/aromatic N) is 1. The van der Waals surface area contributed by atoms with Gasteiger partial charge in [-0.2, -0.15) is 0 Å². The number of rotatable bonds is 4. The van der Waals surface area contributed by atoms with E-state index in [4.69, 9.17) is 14.5 Å². The third-order valence-electron chi connectivity index (χ3n) is 5.08. The van der Waals surface area contributed by atoms with Gasteiger partial charge in [-0.3, -0.25) is 9.78 Å². The molecule has 1 N–H and O–H groups in total. The minimum absolute atomic E-state index is 0. The van der Waals surface area contributed by atoms with Crippen LogP contribution >= 0.6 is 0 Å². The molecular formula is C29H30IrNO3-. The fourth-order valence-electron chi connectivity index (χ4n) is 3.57. The first-order chi connectivity index (χ1) is 15.6. The molecule has 0 atom stereocenters. The Hall–Kier alpha value is -3.01. The summed E-state index contributed by atoms with van der Waals surface area (Å²) in [5.74, 6) is 1.31. The van der Waals surface area contributed by atoms with Crippen LogP contribution in [0.3, 0.4) is 0 Å².